The highest BCUT2D eigenvalue weighted by Crippen LogP contribution is 2.28. The van der Waals surface area contributed by atoms with Gasteiger partial charge in [-0.05, 0) is 31.4 Å². The van der Waals surface area contributed by atoms with Crippen LogP contribution in [0, 0.1) is 0 Å². The zero-order valence-electron chi connectivity index (χ0n) is 16.4. The minimum atomic E-state index is -3.15. The molecule has 1 aromatic carbocycles. The summed E-state index contributed by atoms with van der Waals surface area (Å²) in [6.45, 7) is 4.96. The maximum Gasteiger partial charge on any atom is 0.208 e. The summed E-state index contributed by atoms with van der Waals surface area (Å²) in [5.41, 5.74) is 0. The summed E-state index contributed by atoms with van der Waals surface area (Å²) in [5.74, 6) is 2.11. The van der Waals surface area contributed by atoms with Crippen LogP contribution in [0.25, 0.3) is 0 Å². The number of hydrogen-bond acceptors (Lipinski definition) is 6. The van der Waals surface area contributed by atoms with Crippen LogP contribution in [0.15, 0.2) is 29.4 Å². The molecule has 0 atom stereocenters. The molecule has 0 bridgehead atoms. The molecule has 0 spiro atoms. The van der Waals surface area contributed by atoms with Crippen molar-refractivity contribution in [2.75, 3.05) is 18.6 Å². The summed E-state index contributed by atoms with van der Waals surface area (Å²) in [7, 11) is -3.15. The van der Waals surface area contributed by atoms with Gasteiger partial charge in [0, 0.05) is 18.3 Å². The van der Waals surface area contributed by atoms with E-state index in [1.165, 1.54) is 0 Å². The Labute approximate surface area is 176 Å². The lowest BCUT2D eigenvalue weighted by atomic mass is 10.2. The lowest BCUT2D eigenvalue weighted by Crippen LogP contribution is -2.23. The molecule has 2 aromatic rings. The van der Waals surface area contributed by atoms with Gasteiger partial charge >= 0.3 is 0 Å². The molecule has 0 saturated heterocycles. The number of ether oxygens (including phenoxy) is 1. The van der Waals surface area contributed by atoms with E-state index in [2.05, 4.69) is 33.3 Å². The number of hydrogen-bond donors (Lipinski definition) is 1. The molecule has 0 radical (unpaired) electrons. The first-order chi connectivity index (χ1) is 13.4. The Kier molecular flexibility index (Phi) is 9.07. The Morgan fingerprint density at radius 1 is 1.25 bits per heavy atom. The smallest absolute Gasteiger partial charge is 0.208 e. The maximum atomic E-state index is 11.1. The number of halogens is 1. The third-order valence-corrected chi connectivity index (χ3v) is 6.22. The number of benzene rings is 1. The molecule has 28 heavy (non-hydrogen) atoms. The first-order valence-corrected chi connectivity index (χ1v) is 12.5. The van der Waals surface area contributed by atoms with Gasteiger partial charge in [0.2, 0.25) is 10.0 Å². The van der Waals surface area contributed by atoms with E-state index in [1.807, 2.05) is 18.2 Å². The van der Waals surface area contributed by atoms with Crippen molar-refractivity contribution < 1.29 is 13.2 Å². The average molecular weight is 447 g/mol. The van der Waals surface area contributed by atoms with Crippen LogP contribution >= 0.6 is 23.4 Å². The molecule has 0 aliphatic rings. The van der Waals surface area contributed by atoms with Gasteiger partial charge in [0.05, 0.1) is 11.3 Å². The molecule has 2 rings (SSSR count). The van der Waals surface area contributed by atoms with Crippen LogP contribution in [0.2, 0.25) is 5.02 Å². The van der Waals surface area contributed by atoms with E-state index in [4.69, 9.17) is 16.3 Å². The molecule has 0 aliphatic carbocycles. The second-order valence-electron chi connectivity index (χ2n) is 6.33. The van der Waals surface area contributed by atoms with Crippen molar-refractivity contribution in [1.82, 2.24) is 19.5 Å². The fraction of sp³-hybridized carbons (Fsp3) is 0.556. The Bertz CT molecular complexity index is 854. The molecular weight excluding hydrogens is 420 g/mol. The molecule has 1 N–H and O–H groups in total. The van der Waals surface area contributed by atoms with Gasteiger partial charge in [0.15, 0.2) is 11.0 Å². The van der Waals surface area contributed by atoms with E-state index in [-0.39, 0.29) is 12.6 Å². The average Bonchev–Trinajstić information content (AvgIpc) is 3.04. The largest absolute Gasteiger partial charge is 0.484 e. The SMILES string of the molecule is CCC(CC)n1c(COc2ccccc2Cl)nnc1SCCCNS(C)(=O)=O. The molecule has 0 fully saturated rings. The minimum absolute atomic E-state index is 0.275. The third kappa shape index (κ3) is 6.95. The molecule has 1 aromatic heterocycles. The summed E-state index contributed by atoms with van der Waals surface area (Å²) < 4.78 is 32.8. The molecular formula is C18H27ClN4O3S2. The number of nitrogens with zero attached hydrogens (tertiary/aromatic N) is 3. The van der Waals surface area contributed by atoms with Gasteiger partial charge < -0.3 is 9.30 Å². The van der Waals surface area contributed by atoms with Crippen molar-refractivity contribution in [3.05, 3.63) is 35.1 Å². The van der Waals surface area contributed by atoms with E-state index < -0.39 is 10.0 Å². The van der Waals surface area contributed by atoms with Crippen LogP contribution < -0.4 is 9.46 Å². The zero-order valence-corrected chi connectivity index (χ0v) is 18.8. The molecule has 156 valence electrons. The summed E-state index contributed by atoms with van der Waals surface area (Å²) in [5, 5.41) is 10.1. The van der Waals surface area contributed by atoms with Crippen LogP contribution in [-0.2, 0) is 16.6 Å². The van der Waals surface area contributed by atoms with Crippen LogP contribution in [0.5, 0.6) is 5.75 Å². The highest BCUT2D eigenvalue weighted by Gasteiger charge is 2.19. The predicted octanol–water partition coefficient (Wildman–Crippen LogP) is 3.90. The van der Waals surface area contributed by atoms with Gasteiger partial charge in [0.25, 0.3) is 0 Å². The molecule has 0 unspecified atom stereocenters. The van der Waals surface area contributed by atoms with Crippen molar-refractivity contribution in [2.45, 2.75) is 50.9 Å². The fourth-order valence-electron chi connectivity index (χ4n) is 2.72. The minimum Gasteiger partial charge on any atom is -0.484 e. The first-order valence-electron chi connectivity index (χ1n) is 9.24. The van der Waals surface area contributed by atoms with Gasteiger partial charge in [-0.2, -0.15) is 0 Å². The van der Waals surface area contributed by atoms with E-state index >= 15 is 0 Å². The van der Waals surface area contributed by atoms with E-state index in [9.17, 15) is 8.42 Å². The van der Waals surface area contributed by atoms with Gasteiger partial charge in [-0.15, -0.1) is 10.2 Å². The second kappa shape index (κ2) is 11.0. The Hall–Kier alpha value is -1.29. The molecule has 0 amide bonds. The van der Waals surface area contributed by atoms with E-state index in [0.717, 1.165) is 35.8 Å². The second-order valence-corrected chi connectivity index (χ2v) is 9.63. The summed E-state index contributed by atoms with van der Waals surface area (Å²) in [6, 6.07) is 7.61. The first kappa shape index (κ1) is 23.0. The normalized spacial score (nSPS) is 11.9. The van der Waals surface area contributed by atoms with E-state index in [0.29, 0.717) is 23.7 Å². The van der Waals surface area contributed by atoms with Crippen molar-refractivity contribution in [3.8, 4) is 5.75 Å². The predicted molar refractivity (Wildman–Crippen MR) is 114 cm³/mol. The number of sulfonamides is 1. The summed E-state index contributed by atoms with van der Waals surface area (Å²) in [4.78, 5) is 0. The van der Waals surface area contributed by atoms with E-state index in [1.54, 1.807) is 17.8 Å². The third-order valence-electron chi connectivity index (χ3n) is 4.15. The standard InChI is InChI=1S/C18H27ClN4O3S2/c1-4-14(5-2)23-17(13-26-16-10-7-6-9-15(16)19)21-22-18(23)27-12-8-11-20-28(3,24)25/h6-7,9-10,14,20H,4-5,8,11-13H2,1-3H3. The van der Waals surface area contributed by atoms with Gasteiger partial charge in [-0.3, -0.25) is 0 Å². The molecule has 10 heteroatoms. The van der Waals surface area contributed by atoms with Crippen LogP contribution in [0.4, 0.5) is 0 Å². The lowest BCUT2D eigenvalue weighted by molar-refractivity contribution is 0.278. The molecule has 0 aliphatic heterocycles. The highest BCUT2D eigenvalue weighted by atomic mass is 35.5. The highest BCUT2D eigenvalue weighted by molar-refractivity contribution is 7.99. The van der Waals surface area contributed by atoms with Crippen molar-refractivity contribution in [1.29, 1.82) is 0 Å². The van der Waals surface area contributed by atoms with Crippen molar-refractivity contribution in [2.24, 2.45) is 0 Å². The maximum absolute atomic E-state index is 11.1. The van der Waals surface area contributed by atoms with Crippen LogP contribution in [-0.4, -0.2) is 41.7 Å². The van der Waals surface area contributed by atoms with Crippen LogP contribution in [0.3, 0.4) is 0 Å². The Morgan fingerprint density at radius 2 is 1.96 bits per heavy atom. The number of nitrogens with one attached hydrogen (secondary N) is 1. The zero-order chi connectivity index (χ0) is 20.6. The number of rotatable bonds is 12. The van der Waals surface area contributed by atoms with Crippen molar-refractivity contribution in [3.63, 3.8) is 0 Å². The van der Waals surface area contributed by atoms with Crippen LogP contribution in [0.1, 0.15) is 45.0 Å². The number of thioether (sulfide) groups is 1. The van der Waals surface area contributed by atoms with Gasteiger partial charge in [-0.25, -0.2) is 13.1 Å². The summed E-state index contributed by atoms with van der Waals surface area (Å²) in [6.07, 6.45) is 3.78. The molecule has 0 saturated carbocycles. The van der Waals surface area contributed by atoms with Crippen molar-refractivity contribution >= 4 is 33.4 Å². The summed E-state index contributed by atoms with van der Waals surface area (Å²) >= 11 is 7.74. The molecule has 7 nitrogen and oxygen atoms in total. The lowest BCUT2D eigenvalue weighted by Gasteiger charge is -2.19. The quantitative estimate of drug-likeness (QED) is 0.393. The Balaban J connectivity index is 2.05. The fourth-order valence-corrected chi connectivity index (χ4v) is 4.39. The number of para-hydroxylation sites is 1. The monoisotopic (exact) mass is 446 g/mol. The Morgan fingerprint density at radius 3 is 2.61 bits per heavy atom. The molecule has 1 heterocycles. The van der Waals surface area contributed by atoms with Gasteiger partial charge in [0.1, 0.15) is 12.4 Å². The van der Waals surface area contributed by atoms with Gasteiger partial charge in [-0.1, -0.05) is 49.3 Å². The topological polar surface area (TPSA) is 86.1 Å². The number of aromatic nitrogens is 3.